The number of esters is 1. The van der Waals surface area contributed by atoms with Gasteiger partial charge in [0.1, 0.15) is 22.2 Å². The molecular weight excluding hydrogens is 466 g/mol. The average molecular weight is 506 g/mol. The van der Waals surface area contributed by atoms with Gasteiger partial charge < -0.3 is 14.2 Å². The van der Waals surface area contributed by atoms with Crippen LogP contribution < -0.4 is 4.74 Å². The Balaban J connectivity index is 1.81. The second-order valence-electron chi connectivity index (χ2n) is 8.83. The Morgan fingerprint density at radius 2 is 1.69 bits per heavy atom. The molecule has 2 rings (SSSR count). The standard InChI is InChI=1S/C27H39NO6S/c1-32-27(29)18-9-4-3-8-16-26(35(2,30)31)17-10-14-25(22-34-24-15-11-19-28-20-24)33-21-23-12-6-5-7-13-23/h5-7,11-13,15,19-20,25-26H,3-4,8-10,14,16-18,21-22H2,1-2H3. The first kappa shape index (κ1) is 28.8. The number of ether oxygens (including phenoxy) is 3. The molecule has 0 bridgehead atoms. The van der Waals surface area contributed by atoms with E-state index in [1.54, 1.807) is 12.4 Å². The fourth-order valence-electron chi connectivity index (χ4n) is 3.87. The molecule has 1 aromatic carbocycles. The van der Waals surface area contributed by atoms with Crippen LogP contribution in [0.1, 0.15) is 63.4 Å². The van der Waals surface area contributed by atoms with Crippen molar-refractivity contribution in [2.45, 2.75) is 75.7 Å². The molecule has 194 valence electrons. The summed E-state index contributed by atoms with van der Waals surface area (Å²) in [6.45, 7) is 0.852. The van der Waals surface area contributed by atoms with Gasteiger partial charge in [0.05, 0.1) is 31.3 Å². The number of hydrogen-bond donors (Lipinski definition) is 0. The van der Waals surface area contributed by atoms with Gasteiger partial charge in [0.15, 0.2) is 0 Å². The average Bonchev–Trinajstić information content (AvgIpc) is 2.86. The predicted molar refractivity (Wildman–Crippen MR) is 137 cm³/mol. The molecule has 7 nitrogen and oxygen atoms in total. The van der Waals surface area contributed by atoms with Crippen LogP contribution >= 0.6 is 0 Å². The summed E-state index contributed by atoms with van der Waals surface area (Å²) in [7, 11) is -1.75. The van der Waals surface area contributed by atoms with Crippen molar-refractivity contribution in [2.24, 2.45) is 0 Å². The lowest BCUT2D eigenvalue weighted by molar-refractivity contribution is -0.140. The first-order valence-electron chi connectivity index (χ1n) is 12.3. The number of benzene rings is 1. The molecule has 1 heterocycles. The maximum atomic E-state index is 12.4. The minimum atomic E-state index is -3.14. The molecule has 0 spiro atoms. The first-order chi connectivity index (χ1) is 16.9. The van der Waals surface area contributed by atoms with Gasteiger partial charge in [-0.1, -0.05) is 49.6 Å². The Morgan fingerprint density at radius 3 is 2.37 bits per heavy atom. The highest BCUT2D eigenvalue weighted by atomic mass is 32.2. The number of rotatable bonds is 18. The van der Waals surface area contributed by atoms with E-state index < -0.39 is 9.84 Å². The highest BCUT2D eigenvalue weighted by molar-refractivity contribution is 7.91. The van der Waals surface area contributed by atoms with Gasteiger partial charge in [-0.25, -0.2) is 8.42 Å². The number of unbranched alkanes of at least 4 members (excludes halogenated alkanes) is 3. The number of pyridine rings is 1. The van der Waals surface area contributed by atoms with E-state index in [2.05, 4.69) is 9.72 Å². The molecule has 0 radical (unpaired) electrons. The molecule has 1 aromatic heterocycles. The monoisotopic (exact) mass is 505 g/mol. The molecule has 0 amide bonds. The van der Waals surface area contributed by atoms with E-state index in [0.717, 1.165) is 37.7 Å². The van der Waals surface area contributed by atoms with Gasteiger partial charge in [-0.2, -0.15) is 0 Å². The first-order valence-corrected chi connectivity index (χ1v) is 14.3. The SMILES string of the molecule is COC(=O)CCCCCCC(CCCC(COc1cccnc1)OCc1ccccc1)S(C)(=O)=O. The van der Waals surface area contributed by atoms with E-state index in [-0.39, 0.29) is 17.3 Å². The summed E-state index contributed by atoms with van der Waals surface area (Å²) in [5.41, 5.74) is 1.08. The Bertz CT molecular complexity index is 893. The molecule has 0 aliphatic heterocycles. The second-order valence-corrected chi connectivity index (χ2v) is 11.2. The lowest BCUT2D eigenvalue weighted by Crippen LogP contribution is -2.24. The number of methoxy groups -OCH3 is 1. The summed E-state index contributed by atoms with van der Waals surface area (Å²) in [6, 6.07) is 13.6. The van der Waals surface area contributed by atoms with Gasteiger partial charge in [0.25, 0.3) is 0 Å². The van der Waals surface area contributed by atoms with Crippen molar-refractivity contribution in [2.75, 3.05) is 20.0 Å². The van der Waals surface area contributed by atoms with Gasteiger partial charge in [-0.15, -0.1) is 0 Å². The molecule has 0 saturated heterocycles. The smallest absolute Gasteiger partial charge is 0.305 e. The fourth-order valence-corrected chi connectivity index (χ4v) is 5.06. The van der Waals surface area contributed by atoms with Gasteiger partial charge in [-0.05, 0) is 49.8 Å². The number of hydrogen-bond acceptors (Lipinski definition) is 7. The predicted octanol–water partition coefficient (Wildman–Crippen LogP) is 5.14. The van der Waals surface area contributed by atoms with Crippen molar-refractivity contribution in [3.05, 3.63) is 60.4 Å². The zero-order valence-corrected chi connectivity index (χ0v) is 21.8. The molecule has 0 aliphatic carbocycles. The van der Waals surface area contributed by atoms with E-state index in [1.807, 2.05) is 42.5 Å². The molecule has 0 saturated carbocycles. The minimum Gasteiger partial charge on any atom is -0.489 e. The van der Waals surface area contributed by atoms with Crippen LogP contribution in [0.3, 0.4) is 0 Å². The fraction of sp³-hybridized carbons (Fsp3) is 0.556. The van der Waals surface area contributed by atoms with E-state index in [9.17, 15) is 13.2 Å². The third kappa shape index (κ3) is 12.7. The summed E-state index contributed by atoms with van der Waals surface area (Å²) < 4.78 is 41.4. The van der Waals surface area contributed by atoms with E-state index in [4.69, 9.17) is 9.47 Å². The third-order valence-corrected chi connectivity index (χ3v) is 7.62. The largest absolute Gasteiger partial charge is 0.489 e. The summed E-state index contributed by atoms with van der Waals surface area (Å²) in [4.78, 5) is 15.3. The number of carbonyl (C=O) groups is 1. The van der Waals surface area contributed by atoms with Crippen LogP contribution in [0.25, 0.3) is 0 Å². The van der Waals surface area contributed by atoms with Gasteiger partial charge >= 0.3 is 5.97 Å². The molecule has 8 heteroatoms. The van der Waals surface area contributed by atoms with E-state index in [0.29, 0.717) is 44.6 Å². The van der Waals surface area contributed by atoms with Crippen LogP contribution in [0.2, 0.25) is 0 Å². The Morgan fingerprint density at radius 1 is 0.943 bits per heavy atom. The normalized spacial score (nSPS) is 13.2. The highest BCUT2D eigenvalue weighted by Crippen LogP contribution is 2.20. The molecule has 2 atom stereocenters. The lowest BCUT2D eigenvalue weighted by atomic mass is 10.0. The van der Waals surface area contributed by atoms with Crippen LogP contribution in [-0.4, -0.2) is 50.7 Å². The molecule has 35 heavy (non-hydrogen) atoms. The number of sulfone groups is 1. The van der Waals surface area contributed by atoms with Gasteiger partial charge in [0.2, 0.25) is 0 Å². The lowest BCUT2D eigenvalue weighted by Gasteiger charge is -2.20. The molecule has 2 unspecified atom stereocenters. The third-order valence-electron chi connectivity index (χ3n) is 5.94. The van der Waals surface area contributed by atoms with Crippen molar-refractivity contribution in [1.29, 1.82) is 0 Å². The summed E-state index contributed by atoms with van der Waals surface area (Å²) in [5.74, 6) is 0.484. The van der Waals surface area contributed by atoms with Crippen LogP contribution in [0.15, 0.2) is 54.9 Å². The number of carbonyl (C=O) groups excluding carboxylic acids is 1. The maximum Gasteiger partial charge on any atom is 0.305 e. The maximum absolute atomic E-state index is 12.4. The van der Waals surface area contributed by atoms with Crippen molar-refractivity contribution in [3.63, 3.8) is 0 Å². The van der Waals surface area contributed by atoms with Crippen LogP contribution in [0.4, 0.5) is 0 Å². The van der Waals surface area contributed by atoms with Crippen molar-refractivity contribution in [1.82, 2.24) is 4.98 Å². The van der Waals surface area contributed by atoms with Crippen molar-refractivity contribution >= 4 is 15.8 Å². The highest BCUT2D eigenvalue weighted by Gasteiger charge is 2.21. The van der Waals surface area contributed by atoms with Crippen LogP contribution in [-0.2, 0) is 30.7 Å². The Kier molecular flexibility index (Phi) is 13.4. The number of nitrogens with zero attached hydrogens (tertiary/aromatic N) is 1. The van der Waals surface area contributed by atoms with Crippen LogP contribution in [0.5, 0.6) is 5.75 Å². The van der Waals surface area contributed by atoms with Gasteiger partial charge in [-0.3, -0.25) is 9.78 Å². The van der Waals surface area contributed by atoms with E-state index >= 15 is 0 Å². The zero-order valence-electron chi connectivity index (χ0n) is 20.9. The molecule has 0 fully saturated rings. The molecule has 0 aliphatic rings. The summed E-state index contributed by atoms with van der Waals surface area (Å²) >= 11 is 0. The Labute approximate surface area is 210 Å². The van der Waals surface area contributed by atoms with Crippen molar-refractivity contribution in [3.8, 4) is 5.75 Å². The minimum absolute atomic E-state index is 0.158. The summed E-state index contributed by atoms with van der Waals surface area (Å²) in [6.07, 6.45) is 11.0. The quantitative estimate of drug-likeness (QED) is 0.204. The topological polar surface area (TPSA) is 91.8 Å². The van der Waals surface area contributed by atoms with Gasteiger partial charge in [0, 0.05) is 18.9 Å². The number of aromatic nitrogens is 1. The van der Waals surface area contributed by atoms with Crippen molar-refractivity contribution < 1.29 is 27.4 Å². The molecule has 0 N–H and O–H groups in total. The second kappa shape index (κ2) is 16.3. The zero-order chi connectivity index (χ0) is 25.4. The molecular formula is C27H39NO6S. The molecule has 2 aromatic rings. The summed E-state index contributed by atoms with van der Waals surface area (Å²) in [5, 5.41) is -0.364. The van der Waals surface area contributed by atoms with Crippen LogP contribution in [0, 0.1) is 0 Å². The Hall–Kier alpha value is -2.45. The van der Waals surface area contributed by atoms with E-state index in [1.165, 1.54) is 13.4 Å².